The van der Waals surface area contributed by atoms with Crippen molar-refractivity contribution < 1.29 is 4.79 Å². The first-order chi connectivity index (χ1) is 8.59. The molecule has 1 amide bonds. The van der Waals surface area contributed by atoms with E-state index in [1.807, 2.05) is 41.0 Å². The van der Waals surface area contributed by atoms with Gasteiger partial charge >= 0.3 is 0 Å². The van der Waals surface area contributed by atoms with Gasteiger partial charge < -0.3 is 15.5 Å². The fourth-order valence-electron chi connectivity index (χ4n) is 2.11. The molecule has 2 N–H and O–H groups in total. The van der Waals surface area contributed by atoms with Crippen molar-refractivity contribution in [1.82, 2.24) is 9.80 Å². The summed E-state index contributed by atoms with van der Waals surface area (Å²) in [6, 6.07) is 7.67. The molecule has 18 heavy (non-hydrogen) atoms. The van der Waals surface area contributed by atoms with E-state index in [1.54, 1.807) is 0 Å². The van der Waals surface area contributed by atoms with Gasteiger partial charge in [0.05, 0.1) is 0 Å². The molecule has 1 saturated heterocycles. The lowest BCUT2D eigenvalue weighted by Crippen LogP contribution is -2.52. The van der Waals surface area contributed by atoms with Crippen molar-refractivity contribution in [3.05, 3.63) is 35.4 Å². The molecule has 0 unspecified atom stereocenters. The highest BCUT2D eigenvalue weighted by Crippen LogP contribution is 2.12. The molecule has 1 aliphatic rings. The Morgan fingerprint density at radius 2 is 1.72 bits per heavy atom. The number of aryl methyl sites for hydroxylation is 1. The van der Waals surface area contributed by atoms with Crippen LogP contribution in [0.5, 0.6) is 0 Å². The zero-order chi connectivity index (χ0) is 13.1. The van der Waals surface area contributed by atoms with Gasteiger partial charge in [0.1, 0.15) is 0 Å². The van der Waals surface area contributed by atoms with Gasteiger partial charge in [0.15, 0.2) is 5.11 Å². The summed E-state index contributed by atoms with van der Waals surface area (Å²) >= 11 is 4.93. The second-order valence-corrected chi connectivity index (χ2v) is 4.85. The van der Waals surface area contributed by atoms with Crippen LogP contribution in [0, 0.1) is 6.92 Å². The van der Waals surface area contributed by atoms with Crippen LogP contribution >= 0.6 is 12.2 Å². The number of amides is 1. The molecule has 1 aliphatic heterocycles. The predicted octanol–water partition coefficient (Wildman–Crippen LogP) is 0.996. The molecule has 5 heteroatoms. The van der Waals surface area contributed by atoms with E-state index in [-0.39, 0.29) is 5.91 Å². The van der Waals surface area contributed by atoms with Crippen LogP contribution in [-0.4, -0.2) is 47.0 Å². The molecular formula is C13H17N3OS. The van der Waals surface area contributed by atoms with Crippen molar-refractivity contribution in [1.29, 1.82) is 0 Å². The lowest BCUT2D eigenvalue weighted by atomic mass is 10.1. The van der Waals surface area contributed by atoms with Gasteiger partial charge in [-0.2, -0.15) is 0 Å². The summed E-state index contributed by atoms with van der Waals surface area (Å²) in [5.41, 5.74) is 7.37. The SMILES string of the molecule is Cc1ccccc1C(=O)N1CCN(C(N)=S)CC1. The molecule has 1 fully saturated rings. The van der Waals surface area contributed by atoms with Crippen molar-refractivity contribution in [3.8, 4) is 0 Å². The number of carbonyl (C=O) groups excluding carboxylic acids is 1. The van der Waals surface area contributed by atoms with E-state index >= 15 is 0 Å². The molecule has 2 rings (SSSR count). The molecule has 0 bridgehead atoms. The second kappa shape index (κ2) is 5.35. The summed E-state index contributed by atoms with van der Waals surface area (Å²) in [6.45, 7) is 4.73. The van der Waals surface area contributed by atoms with Crippen LogP contribution in [0.25, 0.3) is 0 Å². The maximum atomic E-state index is 12.3. The first-order valence-corrected chi connectivity index (χ1v) is 6.39. The predicted molar refractivity (Wildman–Crippen MR) is 75.4 cm³/mol. The Kier molecular flexibility index (Phi) is 3.81. The van der Waals surface area contributed by atoms with Crippen LogP contribution in [0.1, 0.15) is 15.9 Å². The Hall–Kier alpha value is -1.62. The number of piperazine rings is 1. The molecule has 0 aromatic heterocycles. The monoisotopic (exact) mass is 263 g/mol. The zero-order valence-electron chi connectivity index (χ0n) is 10.4. The van der Waals surface area contributed by atoms with Crippen molar-refractivity contribution in [2.75, 3.05) is 26.2 Å². The van der Waals surface area contributed by atoms with E-state index in [1.165, 1.54) is 0 Å². The minimum atomic E-state index is 0.0932. The van der Waals surface area contributed by atoms with Gasteiger partial charge in [0.2, 0.25) is 0 Å². The number of hydrogen-bond donors (Lipinski definition) is 1. The quantitative estimate of drug-likeness (QED) is 0.768. The highest BCUT2D eigenvalue weighted by atomic mass is 32.1. The highest BCUT2D eigenvalue weighted by molar-refractivity contribution is 7.80. The average molecular weight is 263 g/mol. The molecule has 1 aromatic carbocycles. The molecule has 1 aromatic rings. The van der Waals surface area contributed by atoms with E-state index < -0.39 is 0 Å². The van der Waals surface area contributed by atoms with Crippen molar-refractivity contribution in [2.24, 2.45) is 5.73 Å². The lowest BCUT2D eigenvalue weighted by molar-refractivity contribution is 0.0692. The van der Waals surface area contributed by atoms with E-state index in [9.17, 15) is 4.79 Å². The van der Waals surface area contributed by atoms with Gasteiger partial charge in [0, 0.05) is 31.7 Å². The lowest BCUT2D eigenvalue weighted by Gasteiger charge is -2.35. The Bertz CT molecular complexity index is 467. The molecule has 0 radical (unpaired) electrons. The van der Waals surface area contributed by atoms with Gasteiger partial charge in [-0.15, -0.1) is 0 Å². The summed E-state index contributed by atoms with van der Waals surface area (Å²) in [5, 5.41) is 0.415. The Balaban J connectivity index is 2.04. The van der Waals surface area contributed by atoms with Gasteiger partial charge in [-0.05, 0) is 30.8 Å². The molecule has 0 saturated carbocycles. The largest absolute Gasteiger partial charge is 0.376 e. The van der Waals surface area contributed by atoms with Gasteiger partial charge in [-0.3, -0.25) is 4.79 Å². The van der Waals surface area contributed by atoms with E-state index in [2.05, 4.69) is 0 Å². The van der Waals surface area contributed by atoms with Gasteiger partial charge in [0.25, 0.3) is 5.91 Å². The summed E-state index contributed by atoms with van der Waals surface area (Å²) in [7, 11) is 0. The molecule has 0 aliphatic carbocycles. The summed E-state index contributed by atoms with van der Waals surface area (Å²) in [6.07, 6.45) is 0. The van der Waals surface area contributed by atoms with Crippen LogP contribution in [-0.2, 0) is 0 Å². The fourth-order valence-corrected chi connectivity index (χ4v) is 2.30. The third-order valence-corrected chi connectivity index (χ3v) is 3.51. The smallest absolute Gasteiger partial charge is 0.254 e. The molecule has 4 nitrogen and oxygen atoms in total. The van der Waals surface area contributed by atoms with Gasteiger partial charge in [-0.1, -0.05) is 18.2 Å². The average Bonchev–Trinajstić information content (AvgIpc) is 2.38. The maximum absolute atomic E-state index is 12.3. The molecule has 96 valence electrons. The van der Waals surface area contributed by atoms with E-state index in [0.29, 0.717) is 31.3 Å². The van der Waals surface area contributed by atoms with Crippen molar-refractivity contribution in [2.45, 2.75) is 6.92 Å². The normalized spacial score (nSPS) is 15.6. The maximum Gasteiger partial charge on any atom is 0.254 e. The second-order valence-electron chi connectivity index (χ2n) is 4.43. The molecular weight excluding hydrogens is 246 g/mol. The minimum absolute atomic E-state index is 0.0932. The number of thiocarbonyl (C=S) groups is 1. The van der Waals surface area contributed by atoms with Gasteiger partial charge in [-0.25, -0.2) is 0 Å². The molecule has 1 heterocycles. The first-order valence-electron chi connectivity index (χ1n) is 5.99. The number of rotatable bonds is 1. The molecule has 0 atom stereocenters. The zero-order valence-corrected chi connectivity index (χ0v) is 11.2. The van der Waals surface area contributed by atoms with Crippen LogP contribution in [0.2, 0.25) is 0 Å². The summed E-state index contributed by atoms with van der Waals surface area (Å²) < 4.78 is 0. The number of nitrogens with two attached hydrogens (primary N) is 1. The number of benzene rings is 1. The summed E-state index contributed by atoms with van der Waals surface area (Å²) in [4.78, 5) is 16.1. The van der Waals surface area contributed by atoms with Crippen LogP contribution < -0.4 is 5.73 Å². The standard InChI is InChI=1S/C13H17N3OS/c1-10-4-2-3-5-11(10)12(17)15-6-8-16(9-7-15)13(14)18/h2-5H,6-9H2,1H3,(H2,14,18). The number of hydrogen-bond acceptors (Lipinski definition) is 2. The van der Waals surface area contributed by atoms with Crippen molar-refractivity contribution in [3.63, 3.8) is 0 Å². The van der Waals surface area contributed by atoms with Crippen LogP contribution in [0.3, 0.4) is 0 Å². The third-order valence-electron chi connectivity index (χ3n) is 3.25. The van der Waals surface area contributed by atoms with Crippen LogP contribution in [0.15, 0.2) is 24.3 Å². The first kappa shape index (κ1) is 12.8. The number of carbonyl (C=O) groups is 1. The van der Waals surface area contributed by atoms with Crippen molar-refractivity contribution >= 4 is 23.2 Å². The number of nitrogens with zero attached hydrogens (tertiary/aromatic N) is 2. The molecule has 0 spiro atoms. The van der Waals surface area contributed by atoms with E-state index in [4.69, 9.17) is 18.0 Å². The Morgan fingerprint density at radius 1 is 1.17 bits per heavy atom. The Morgan fingerprint density at radius 3 is 2.28 bits per heavy atom. The minimum Gasteiger partial charge on any atom is -0.376 e. The topological polar surface area (TPSA) is 49.6 Å². The van der Waals surface area contributed by atoms with Crippen LogP contribution in [0.4, 0.5) is 0 Å². The highest BCUT2D eigenvalue weighted by Gasteiger charge is 2.23. The third kappa shape index (κ3) is 2.61. The van der Waals surface area contributed by atoms with E-state index in [0.717, 1.165) is 11.1 Å². The Labute approximate surface area is 112 Å². The summed E-state index contributed by atoms with van der Waals surface area (Å²) in [5.74, 6) is 0.0932. The fraction of sp³-hybridized carbons (Fsp3) is 0.385.